The fourth-order valence-electron chi connectivity index (χ4n) is 5.14. The molecular weight excluding hydrogens is 518 g/mol. The molecule has 7 heteroatoms. The lowest BCUT2D eigenvalue weighted by atomic mass is 9.72. The van der Waals surface area contributed by atoms with Crippen molar-refractivity contribution in [2.75, 3.05) is 7.11 Å². The number of ketones is 1. The predicted octanol–water partition coefficient (Wildman–Crippen LogP) is 6.43. The SMILES string of the molecule is CCCC1CC(=O)C2=C(C1)NC(C)=C(C#N)C2c1cc(Br)c(OCc2cccc(OC)c2)c(C#N)c1. The molecule has 2 unspecified atom stereocenters. The maximum Gasteiger partial charge on any atom is 0.161 e. The molecule has 0 fully saturated rings. The Morgan fingerprint density at radius 3 is 2.67 bits per heavy atom. The predicted molar refractivity (Wildman–Crippen MR) is 140 cm³/mol. The van der Waals surface area contributed by atoms with Crippen LogP contribution in [-0.2, 0) is 11.4 Å². The Kier molecular flexibility index (Phi) is 7.82. The first-order valence-corrected chi connectivity index (χ1v) is 12.8. The van der Waals surface area contributed by atoms with Crippen LogP contribution in [0.3, 0.4) is 0 Å². The number of allylic oxidation sites excluding steroid dienone is 4. The molecular formula is C29H28BrN3O3. The summed E-state index contributed by atoms with van der Waals surface area (Å²) in [7, 11) is 1.61. The van der Waals surface area contributed by atoms with Crippen LogP contribution < -0.4 is 14.8 Å². The van der Waals surface area contributed by atoms with Gasteiger partial charge in [0.15, 0.2) is 11.5 Å². The van der Waals surface area contributed by atoms with Gasteiger partial charge < -0.3 is 14.8 Å². The molecule has 0 spiro atoms. The van der Waals surface area contributed by atoms with Crippen LogP contribution in [0.4, 0.5) is 0 Å². The van der Waals surface area contributed by atoms with Crippen molar-refractivity contribution in [1.29, 1.82) is 10.5 Å². The zero-order valence-corrected chi connectivity index (χ0v) is 22.2. The van der Waals surface area contributed by atoms with Crippen LogP contribution in [-0.4, -0.2) is 12.9 Å². The molecule has 0 radical (unpaired) electrons. The zero-order valence-electron chi connectivity index (χ0n) is 20.7. The summed E-state index contributed by atoms with van der Waals surface area (Å²) in [5.41, 5.74) is 4.76. The summed E-state index contributed by atoms with van der Waals surface area (Å²) in [4.78, 5) is 13.3. The summed E-state index contributed by atoms with van der Waals surface area (Å²) in [6, 6.07) is 15.7. The number of nitrogens with one attached hydrogen (secondary N) is 1. The highest BCUT2D eigenvalue weighted by molar-refractivity contribution is 9.10. The van der Waals surface area contributed by atoms with Crippen molar-refractivity contribution in [2.45, 2.75) is 52.1 Å². The molecule has 4 rings (SSSR count). The summed E-state index contributed by atoms with van der Waals surface area (Å²) in [5, 5.41) is 23.3. The lowest BCUT2D eigenvalue weighted by Gasteiger charge is -2.35. The topological polar surface area (TPSA) is 95.1 Å². The molecule has 36 heavy (non-hydrogen) atoms. The number of nitrogens with zero attached hydrogens (tertiary/aromatic N) is 2. The molecule has 2 aromatic carbocycles. The minimum absolute atomic E-state index is 0.0698. The van der Waals surface area contributed by atoms with E-state index in [-0.39, 0.29) is 12.4 Å². The summed E-state index contributed by atoms with van der Waals surface area (Å²) in [6.07, 6.45) is 3.29. The molecule has 0 aromatic heterocycles. The lowest BCUT2D eigenvalue weighted by molar-refractivity contribution is -0.117. The van der Waals surface area contributed by atoms with Gasteiger partial charge in [-0.25, -0.2) is 0 Å². The third-order valence-electron chi connectivity index (χ3n) is 6.77. The molecule has 2 atom stereocenters. The number of hydrogen-bond acceptors (Lipinski definition) is 6. The van der Waals surface area contributed by atoms with Gasteiger partial charge >= 0.3 is 0 Å². The third-order valence-corrected chi connectivity index (χ3v) is 7.36. The monoisotopic (exact) mass is 545 g/mol. The van der Waals surface area contributed by atoms with Crippen LogP contribution in [0.2, 0.25) is 0 Å². The van der Waals surface area contributed by atoms with Crippen molar-refractivity contribution >= 4 is 21.7 Å². The minimum Gasteiger partial charge on any atom is -0.497 e. The van der Waals surface area contributed by atoms with E-state index >= 15 is 0 Å². The number of nitriles is 2. The molecule has 1 aliphatic carbocycles. The van der Waals surface area contributed by atoms with Crippen molar-refractivity contribution in [2.24, 2.45) is 5.92 Å². The fourth-order valence-corrected chi connectivity index (χ4v) is 5.73. The maximum absolute atomic E-state index is 13.3. The van der Waals surface area contributed by atoms with Gasteiger partial charge in [-0.2, -0.15) is 10.5 Å². The largest absolute Gasteiger partial charge is 0.497 e. The Morgan fingerprint density at radius 2 is 1.97 bits per heavy atom. The normalized spacial score (nSPS) is 19.2. The second-order valence-corrected chi connectivity index (χ2v) is 10.1. The standard InChI is InChI=1S/C29H28BrN3O3/c1-4-6-18-10-25-28(26(34)11-18)27(23(15-32)17(2)33-25)20-12-21(14-31)29(24(30)13-20)36-16-19-7-5-8-22(9-19)35-3/h5,7-9,12-13,18,27,33H,4,6,10-11,16H2,1-3H3. The third kappa shape index (κ3) is 5.03. The first-order valence-electron chi connectivity index (χ1n) is 12.0. The van der Waals surface area contributed by atoms with E-state index in [2.05, 4.69) is 40.3 Å². The number of methoxy groups -OCH3 is 1. The second kappa shape index (κ2) is 11.0. The van der Waals surface area contributed by atoms with Crippen molar-refractivity contribution < 1.29 is 14.3 Å². The van der Waals surface area contributed by atoms with E-state index in [1.807, 2.05) is 37.3 Å². The Morgan fingerprint density at radius 1 is 1.17 bits per heavy atom. The van der Waals surface area contributed by atoms with Gasteiger partial charge in [-0.3, -0.25) is 4.79 Å². The first kappa shape index (κ1) is 25.5. The van der Waals surface area contributed by atoms with Gasteiger partial charge in [0.1, 0.15) is 18.4 Å². The molecule has 2 aromatic rings. The molecule has 1 N–H and O–H groups in total. The number of hydrogen-bond donors (Lipinski definition) is 1. The van der Waals surface area contributed by atoms with E-state index in [0.29, 0.717) is 39.3 Å². The lowest BCUT2D eigenvalue weighted by Crippen LogP contribution is -2.34. The molecule has 0 saturated carbocycles. The van der Waals surface area contributed by atoms with E-state index in [0.717, 1.165) is 47.5 Å². The van der Waals surface area contributed by atoms with Gasteiger partial charge in [0.05, 0.1) is 34.7 Å². The smallest absolute Gasteiger partial charge is 0.161 e. The summed E-state index contributed by atoms with van der Waals surface area (Å²) in [5.74, 6) is 1.01. The quantitative estimate of drug-likeness (QED) is 0.430. The number of ether oxygens (including phenoxy) is 2. The van der Waals surface area contributed by atoms with Gasteiger partial charge in [-0.05, 0) is 77.0 Å². The molecule has 1 heterocycles. The Bertz CT molecular complexity index is 1350. The Balaban J connectivity index is 1.72. The molecule has 6 nitrogen and oxygen atoms in total. The number of dihydropyridines is 1. The molecule has 1 aliphatic heterocycles. The van der Waals surface area contributed by atoms with Crippen LogP contribution in [0.1, 0.15) is 62.1 Å². The van der Waals surface area contributed by atoms with Crippen LogP contribution in [0.5, 0.6) is 11.5 Å². The van der Waals surface area contributed by atoms with Crippen LogP contribution in [0.15, 0.2) is 63.4 Å². The Hall–Kier alpha value is -3.55. The van der Waals surface area contributed by atoms with E-state index < -0.39 is 5.92 Å². The highest BCUT2D eigenvalue weighted by Crippen LogP contribution is 2.45. The van der Waals surface area contributed by atoms with Gasteiger partial charge in [-0.1, -0.05) is 25.5 Å². The van der Waals surface area contributed by atoms with E-state index in [1.54, 1.807) is 13.2 Å². The number of rotatable bonds is 7. The molecule has 0 amide bonds. The van der Waals surface area contributed by atoms with Gasteiger partial charge in [0, 0.05) is 23.4 Å². The average molecular weight is 546 g/mol. The number of halogens is 1. The summed E-state index contributed by atoms with van der Waals surface area (Å²) in [6.45, 7) is 4.25. The maximum atomic E-state index is 13.3. The van der Waals surface area contributed by atoms with Gasteiger partial charge in [0.25, 0.3) is 0 Å². The second-order valence-electron chi connectivity index (χ2n) is 9.22. The number of carbonyl (C=O) groups excluding carboxylic acids is 1. The fraction of sp³-hybridized carbons (Fsp3) is 0.345. The van der Waals surface area contributed by atoms with E-state index in [1.165, 1.54) is 0 Å². The van der Waals surface area contributed by atoms with Crippen LogP contribution >= 0.6 is 15.9 Å². The number of Topliss-reactive ketones (excluding diaryl/α,β-unsaturated/α-hetero) is 1. The van der Waals surface area contributed by atoms with E-state index in [9.17, 15) is 15.3 Å². The molecule has 184 valence electrons. The highest BCUT2D eigenvalue weighted by Gasteiger charge is 2.38. The molecule has 0 bridgehead atoms. The molecule has 2 aliphatic rings. The van der Waals surface area contributed by atoms with E-state index in [4.69, 9.17) is 9.47 Å². The minimum atomic E-state index is -0.517. The van der Waals surface area contributed by atoms with Crippen molar-refractivity contribution in [3.8, 4) is 23.6 Å². The highest BCUT2D eigenvalue weighted by atomic mass is 79.9. The van der Waals surface area contributed by atoms with Gasteiger partial charge in [0.2, 0.25) is 0 Å². The van der Waals surface area contributed by atoms with Crippen molar-refractivity contribution in [3.63, 3.8) is 0 Å². The number of carbonyl (C=O) groups is 1. The number of benzene rings is 2. The van der Waals surface area contributed by atoms with Crippen molar-refractivity contribution in [3.05, 3.63) is 80.1 Å². The first-order chi connectivity index (χ1) is 17.4. The van der Waals surface area contributed by atoms with Crippen molar-refractivity contribution in [1.82, 2.24) is 5.32 Å². The van der Waals surface area contributed by atoms with Crippen LogP contribution in [0, 0.1) is 28.6 Å². The molecule has 0 saturated heterocycles. The summed E-state index contributed by atoms with van der Waals surface area (Å²) >= 11 is 3.58. The Labute approximate surface area is 220 Å². The summed E-state index contributed by atoms with van der Waals surface area (Å²) < 4.78 is 11.9. The van der Waals surface area contributed by atoms with Gasteiger partial charge in [-0.15, -0.1) is 0 Å². The average Bonchev–Trinajstić information content (AvgIpc) is 2.87. The zero-order chi connectivity index (χ0) is 25.8. The van der Waals surface area contributed by atoms with Crippen LogP contribution in [0.25, 0.3) is 0 Å².